The topological polar surface area (TPSA) is 50.9 Å². The van der Waals surface area contributed by atoms with Crippen molar-refractivity contribution >= 4 is 16.6 Å². The second-order valence-electron chi connectivity index (χ2n) is 4.30. The fourth-order valence-corrected chi connectivity index (χ4v) is 2.01. The minimum Gasteiger partial charge on any atom is -0.323 e. The van der Waals surface area contributed by atoms with Crippen molar-refractivity contribution in [3.05, 3.63) is 35.5 Å². The van der Waals surface area contributed by atoms with E-state index in [-0.39, 0.29) is 5.39 Å². The molecule has 0 radical (unpaired) electrons. The maximum Gasteiger partial charge on any atom is 0.137 e. The Morgan fingerprint density at radius 1 is 1.24 bits per heavy atom. The summed E-state index contributed by atoms with van der Waals surface area (Å²) in [5.41, 5.74) is 4.05. The molecule has 1 aliphatic rings. The number of hydrazine groups is 1. The molecule has 0 unspecified atom stereocenters. The van der Waals surface area contributed by atoms with Gasteiger partial charge in [-0.2, -0.15) is 0 Å². The van der Waals surface area contributed by atoms with Crippen LogP contribution in [0.2, 0.25) is 0 Å². The lowest BCUT2D eigenvalue weighted by Gasteiger charge is -2.09. The molecule has 5 heteroatoms. The number of aromatic nitrogens is 1. The third-order valence-electron chi connectivity index (χ3n) is 3.00. The predicted octanol–water partition coefficient (Wildman–Crippen LogP) is 2.68. The van der Waals surface area contributed by atoms with Crippen LogP contribution in [0.5, 0.6) is 0 Å². The van der Waals surface area contributed by atoms with Crippen molar-refractivity contribution in [1.29, 1.82) is 0 Å². The molecule has 17 heavy (non-hydrogen) atoms. The highest BCUT2D eigenvalue weighted by atomic mass is 19.1. The third-order valence-corrected chi connectivity index (χ3v) is 3.00. The number of rotatable bonds is 2. The van der Waals surface area contributed by atoms with Gasteiger partial charge in [-0.1, -0.05) is 0 Å². The van der Waals surface area contributed by atoms with Gasteiger partial charge in [0.15, 0.2) is 0 Å². The Hall–Kier alpha value is -1.75. The summed E-state index contributed by atoms with van der Waals surface area (Å²) in [6, 6.07) is 3.80. The minimum atomic E-state index is -0.650. The van der Waals surface area contributed by atoms with Gasteiger partial charge in [0.1, 0.15) is 11.6 Å². The summed E-state index contributed by atoms with van der Waals surface area (Å²) in [5, 5.41) is 0.235. The van der Waals surface area contributed by atoms with Gasteiger partial charge >= 0.3 is 0 Å². The summed E-state index contributed by atoms with van der Waals surface area (Å²) in [6.45, 7) is 0. The van der Waals surface area contributed by atoms with Crippen LogP contribution in [0.25, 0.3) is 10.9 Å². The van der Waals surface area contributed by atoms with Gasteiger partial charge in [-0.25, -0.2) is 8.78 Å². The van der Waals surface area contributed by atoms with Crippen LogP contribution >= 0.6 is 0 Å². The quantitative estimate of drug-likeness (QED) is 0.621. The summed E-state index contributed by atoms with van der Waals surface area (Å²) < 4.78 is 26.8. The summed E-state index contributed by atoms with van der Waals surface area (Å²) >= 11 is 0. The van der Waals surface area contributed by atoms with Crippen LogP contribution in [0.1, 0.15) is 24.5 Å². The van der Waals surface area contributed by atoms with Crippen LogP contribution in [-0.2, 0) is 0 Å². The zero-order valence-corrected chi connectivity index (χ0v) is 9.00. The molecule has 3 N–H and O–H groups in total. The van der Waals surface area contributed by atoms with Crippen LogP contribution < -0.4 is 11.3 Å². The van der Waals surface area contributed by atoms with Gasteiger partial charge in [0.25, 0.3) is 0 Å². The van der Waals surface area contributed by atoms with E-state index < -0.39 is 11.6 Å². The third kappa shape index (κ3) is 1.72. The average molecular weight is 235 g/mol. The Balaban J connectivity index is 2.31. The smallest absolute Gasteiger partial charge is 0.137 e. The first-order chi connectivity index (χ1) is 8.19. The molecule has 1 aliphatic carbocycles. The van der Waals surface area contributed by atoms with Gasteiger partial charge in [-0.3, -0.25) is 10.8 Å². The van der Waals surface area contributed by atoms with Crippen molar-refractivity contribution < 1.29 is 8.78 Å². The predicted molar refractivity (Wildman–Crippen MR) is 61.4 cm³/mol. The molecule has 0 atom stereocenters. The van der Waals surface area contributed by atoms with E-state index in [0.29, 0.717) is 17.1 Å². The molecule has 0 spiro atoms. The van der Waals surface area contributed by atoms with Crippen molar-refractivity contribution in [1.82, 2.24) is 4.98 Å². The van der Waals surface area contributed by atoms with Gasteiger partial charge in [-0.05, 0) is 18.9 Å². The van der Waals surface area contributed by atoms with Crippen LogP contribution in [-0.4, -0.2) is 4.98 Å². The molecule has 0 saturated heterocycles. The van der Waals surface area contributed by atoms with Crippen molar-refractivity contribution in [3.63, 3.8) is 0 Å². The molecule has 3 rings (SSSR count). The number of halogens is 2. The summed E-state index contributed by atoms with van der Waals surface area (Å²) in [7, 11) is 0. The van der Waals surface area contributed by atoms with E-state index in [2.05, 4.69) is 10.4 Å². The molecule has 1 heterocycles. The second-order valence-corrected chi connectivity index (χ2v) is 4.30. The van der Waals surface area contributed by atoms with Crippen molar-refractivity contribution in [2.45, 2.75) is 18.8 Å². The van der Waals surface area contributed by atoms with Crippen molar-refractivity contribution in [3.8, 4) is 0 Å². The van der Waals surface area contributed by atoms with Gasteiger partial charge in [0.05, 0.1) is 16.6 Å². The van der Waals surface area contributed by atoms with E-state index in [0.717, 1.165) is 24.6 Å². The first-order valence-corrected chi connectivity index (χ1v) is 5.45. The van der Waals surface area contributed by atoms with E-state index in [4.69, 9.17) is 5.84 Å². The molecule has 1 fully saturated rings. The number of hydrogen-bond acceptors (Lipinski definition) is 3. The number of nitrogens with one attached hydrogen (secondary N) is 1. The van der Waals surface area contributed by atoms with Crippen molar-refractivity contribution in [2.24, 2.45) is 5.84 Å². The summed E-state index contributed by atoms with van der Waals surface area (Å²) in [6.07, 6.45) is 2.14. The molecule has 1 aromatic carbocycles. The number of benzene rings is 1. The van der Waals surface area contributed by atoms with E-state index in [1.807, 2.05) is 0 Å². The zero-order chi connectivity index (χ0) is 12.0. The SMILES string of the molecule is NNc1cc(C2CC2)nc2cc(F)cc(F)c12. The number of hydrogen-bond donors (Lipinski definition) is 2. The Bertz CT molecular complexity index is 594. The van der Waals surface area contributed by atoms with E-state index in [9.17, 15) is 8.78 Å². The van der Waals surface area contributed by atoms with Gasteiger partial charge in [-0.15, -0.1) is 0 Å². The maximum atomic E-state index is 13.7. The Labute approximate surface area is 96.6 Å². The largest absolute Gasteiger partial charge is 0.323 e. The number of pyridine rings is 1. The fraction of sp³-hybridized carbons (Fsp3) is 0.250. The molecular formula is C12H11F2N3. The highest BCUT2D eigenvalue weighted by Gasteiger charge is 2.26. The van der Waals surface area contributed by atoms with Gasteiger partial charge < -0.3 is 5.43 Å². The molecule has 1 aromatic heterocycles. The Morgan fingerprint density at radius 2 is 2.00 bits per heavy atom. The molecular weight excluding hydrogens is 224 g/mol. The Kier molecular flexibility index (Phi) is 2.22. The molecule has 0 bridgehead atoms. The first-order valence-electron chi connectivity index (χ1n) is 5.45. The molecule has 0 amide bonds. The number of nitrogen functional groups attached to an aromatic ring is 1. The van der Waals surface area contributed by atoms with E-state index >= 15 is 0 Å². The molecule has 2 aromatic rings. The fourth-order valence-electron chi connectivity index (χ4n) is 2.01. The number of nitrogens with zero attached hydrogens (tertiary/aromatic N) is 1. The zero-order valence-electron chi connectivity index (χ0n) is 9.00. The lowest BCUT2D eigenvalue weighted by Crippen LogP contribution is -2.09. The number of anilines is 1. The Morgan fingerprint density at radius 3 is 2.65 bits per heavy atom. The highest BCUT2D eigenvalue weighted by Crippen LogP contribution is 2.41. The number of fused-ring (bicyclic) bond motifs is 1. The van der Waals surface area contributed by atoms with Gasteiger partial charge in [0, 0.05) is 23.7 Å². The normalized spacial score (nSPS) is 15.2. The summed E-state index contributed by atoms with van der Waals surface area (Å²) in [4.78, 5) is 4.29. The van der Waals surface area contributed by atoms with Crippen LogP contribution in [0.4, 0.5) is 14.5 Å². The number of nitrogens with two attached hydrogens (primary N) is 1. The minimum absolute atomic E-state index is 0.235. The summed E-state index contributed by atoms with van der Waals surface area (Å²) in [5.74, 6) is 4.50. The lowest BCUT2D eigenvalue weighted by molar-refractivity contribution is 0.591. The van der Waals surface area contributed by atoms with Crippen LogP contribution in [0.3, 0.4) is 0 Å². The molecule has 88 valence electrons. The van der Waals surface area contributed by atoms with Crippen LogP contribution in [0, 0.1) is 11.6 Å². The van der Waals surface area contributed by atoms with Crippen LogP contribution in [0.15, 0.2) is 18.2 Å². The lowest BCUT2D eigenvalue weighted by atomic mass is 10.1. The standard InChI is InChI=1S/C12H11F2N3/c13-7-3-8(14)12-10(4-7)16-9(6-1-2-6)5-11(12)17-15/h3-6H,1-2,15H2,(H,16,17). The average Bonchev–Trinajstić information content (AvgIpc) is 3.10. The monoisotopic (exact) mass is 235 g/mol. The van der Waals surface area contributed by atoms with Crippen molar-refractivity contribution in [2.75, 3.05) is 5.43 Å². The molecule has 1 saturated carbocycles. The first kappa shape index (κ1) is 10.4. The second kappa shape index (κ2) is 3.63. The maximum absolute atomic E-state index is 13.7. The van der Waals surface area contributed by atoms with Gasteiger partial charge in [0.2, 0.25) is 0 Å². The highest BCUT2D eigenvalue weighted by molar-refractivity contribution is 5.92. The molecule has 3 nitrogen and oxygen atoms in total. The van der Waals surface area contributed by atoms with E-state index in [1.54, 1.807) is 6.07 Å². The molecule has 0 aliphatic heterocycles. The van der Waals surface area contributed by atoms with E-state index in [1.165, 1.54) is 6.07 Å².